The summed E-state index contributed by atoms with van der Waals surface area (Å²) in [5.41, 5.74) is -0.888. The van der Waals surface area contributed by atoms with Crippen molar-refractivity contribution in [1.29, 1.82) is 0 Å². The van der Waals surface area contributed by atoms with Crippen molar-refractivity contribution < 1.29 is 22.7 Å². The van der Waals surface area contributed by atoms with Gasteiger partial charge >= 0.3 is 6.18 Å². The first-order valence-corrected chi connectivity index (χ1v) is 8.83. The molecule has 1 aromatic rings. The highest BCUT2D eigenvalue weighted by Crippen LogP contribution is 2.32. The summed E-state index contributed by atoms with van der Waals surface area (Å²) in [6, 6.07) is 5.34. The SMILES string of the molecule is COC1(C(=O)N2CCN(c3cccc(C(F)(F)F)c3)CC2)CCNCC1.Cl.Cl. The number of piperazine rings is 1. The van der Waals surface area contributed by atoms with Gasteiger partial charge in [0.2, 0.25) is 0 Å². The van der Waals surface area contributed by atoms with Crippen LogP contribution in [0.5, 0.6) is 0 Å². The third-order valence-corrected chi connectivity index (χ3v) is 5.30. The number of hydrogen-bond donors (Lipinski definition) is 1. The summed E-state index contributed by atoms with van der Waals surface area (Å²) in [5.74, 6) is -0.00908. The monoisotopic (exact) mass is 443 g/mol. The van der Waals surface area contributed by atoms with Crippen molar-refractivity contribution in [2.45, 2.75) is 24.6 Å². The van der Waals surface area contributed by atoms with E-state index in [2.05, 4.69) is 5.32 Å². The average molecular weight is 444 g/mol. The number of halogens is 5. The zero-order chi connectivity index (χ0) is 18.8. The van der Waals surface area contributed by atoms with Crippen molar-refractivity contribution in [2.24, 2.45) is 0 Å². The summed E-state index contributed by atoms with van der Waals surface area (Å²) < 4.78 is 44.3. The van der Waals surface area contributed by atoms with E-state index in [1.54, 1.807) is 18.1 Å². The molecule has 0 bridgehead atoms. The fourth-order valence-corrected chi connectivity index (χ4v) is 3.67. The predicted molar refractivity (Wildman–Crippen MR) is 107 cm³/mol. The predicted octanol–water partition coefficient (Wildman–Crippen LogP) is 2.97. The molecule has 0 saturated carbocycles. The summed E-state index contributed by atoms with van der Waals surface area (Å²) in [5, 5.41) is 3.23. The average Bonchev–Trinajstić information content (AvgIpc) is 2.67. The molecule has 3 rings (SSSR count). The lowest BCUT2D eigenvalue weighted by Crippen LogP contribution is -2.59. The van der Waals surface area contributed by atoms with Gasteiger partial charge in [-0.25, -0.2) is 0 Å². The Morgan fingerprint density at radius 3 is 2.25 bits per heavy atom. The molecule has 1 N–H and O–H groups in total. The largest absolute Gasteiger partial charge is 0.416 e. The number of methoxy groups -OCH3 is 1. The van der Waals surface area contributed by atoms with Crippen LogP contribution >= 0.6 is 24.8 Å². The molecule has 0 spiro atoms. The Labute approximate surface area is 175 Å². The van der Waals surface area contributed by atoms with Gasteiger partial charge in [0.05, 0.1) is 5.56 Å². The Morgan fingerprint density at radius 2 is 1.71 bits per heavy atom. The van der Waals surface area contributed by atoms with Crippen molar-refractivity contribution in [3.05, 3.63) is 29.8 Å². The smallest absolute Gasteiger partial charge is 0.368 e. The van der Waals surface area contributed by atoms with Crippen molar-refractivity contribution in [3.8, 4) is 0 Å². The molecule has 2 saturated heterocycles. The molecule has 5 nitrogen and oxygen atoms in total. The first-order chi connectivity index (χ1) is 12.4. The zero-order valence-corrected chi connectivity index (χ0v) is 17.3. The van der Waals surface area contributed by atoms with E-state index in [0.717, 1.165) is 19.2 Å². The normalized spacial score (nSPS) is 19.4. The molecule has 2 heterocycles. The van der Waals surface area contributed by atoms with Crippen LogP contribution in [0.3, 0.4) is 0 Å². The number of rotatable bonds is 3. The Bertz CT molecular complexity index is 647. The van der Waals surface area contributed by atoms with Crippen molar-refractivity contribution in [1.82, 2.24) is 10.2 Å². The van der Waals surface area contributed by atoms with Crippen LogP contribution in [0.4, 0.5) is 18.9 Å². The lowest BCUT2D eigenvalue weighted by molar-refractivity contribution is -0.158. The van der Waals surface area contributed by atoms with Crippen LogP contribution < -0.4 is 10.2 Å². The maximum Gasteiger partial charge on any atom is 0.416 e. The Kier molecular flexibility index (Phi) is 8.87. The Balaban J connectivity index is 0.00000196. The number of anilines is 1. The minimum Gasteiger partial charge on any atom is -0.368 e. The molecule has 0 aliphatic carbocycles. The van der Waals surface area contributed by atoms with E-state index in [4.69, 9.17) is 4.74 Å². The number of benzene rings is 1. The van der Waals surface area contributed by atoms with E-state index >= 15 is 0 Å². The maximum atomic E-state index is 12.9. The second-order valence-corrected chi connectivity index (χ2v) is 6.78. The summed E-state index contributed by atoms with van der Waals surface area (Å²) in [4.78, 5) is 16.6. The highest BCUT2D eigenvalue weighted by Gasteiger charge is 2.43. The molecule has 1 aromatic carbocycles. The van der Waals surface area contributed by atoms with Gasteiger partial charge in [0.25, 0.3) is 5.91 Å². The van der Waals surface area contributed by atoms with Gasteiger partial charge < -0.3 is 19.9 Å². The number of ether oxygens (including phenoxy) is 1. The van der Waals surface area contributed by atoms with Gasteiger partial charge in [0.15, 0.2) is 0 Å². The van der Waals surface area contributed by atoms with Crippen molar-refractivity contribution >= 4 is 36.4 Å². The highest BCUT2D eigenvalue weighted by molar-refractivity contribution is 5.86. The fraction of sp³-hybridized carbons (Fsp3) is 0.611. The van der Waals surface area contributed by atoms with Crippen LogP contribution in [0.25, 0.3) is 0 Å². The number of hydrogen-bond acceptors (Lipinski definition) is 4. The van der Waals surface area contributed by atoms with Crippen LogP contribution in [0.1, 0.15) is 18.4 Å². The van der Waals surface area contributed by atoms with Crippen LogP contribution in [0.2, 0.25) is 0 Å². The summed E-state index contributed by atoms with van der Waals surface area (Å²) in [6.07, 6.45) is -3.08. The maximum absolute atomic E-state index is 12.9. The number of amides is 1. The molecule has 0 radical (unpaired) electrons. The molecule has 0 aromatic heterocycles. The molecule has 2 aliphatic rings. The number of carbonyl (C=O) groups excluding carboxylic acids is 1. The zero-order valence-electron chi connectivity index (χ0n) is 15.6. The lowest BCUT2D eigenvalue weighted by Gasteiger charge is -2.42. The second-order valence-electron chi connectivity index (χ2n) is 6.78. The van der Waals surface area contributed by atoms with Gasteiger partial charge in [-0.1, -0.05) is 6.07 Å². The third-order valence-electron chi connectivity index (χ3n) is 5.30. The summed E-state index contributed by atoms with van der Waals surface area (Å²) in [6.45, 7) is 3.45. The molecule has 1 amide bonds. The molecule has 0 atom stereocenters. The molecule has 0 unspecified atom stereocenters. The molecule has 28 heavy (non-hydrogen) atoms. The van der Waals surface area contributed by atoms with Gasteiger partial charge in [0, 0.05) is 39.0 Å². The second kappa shape index (κ2) is 10.0. The number of nitrogens with zero attached hydrogens (tertiary/aromatic N) is 2. The van der Waals surface area contributed by atoms with Gasteiger partial charge in [-0.3, -0.25) is 4.79 Å². The van der Waals surface area contributed by atoms with Crippen LogP contribution in [-0.4, -0.2) is 62.8 Å². The standard InChI is InChI=1S/C18H24F3N3O2.2ClH/c1-26-17(5-7-22-8-6-17)16(25)24-11-9-23(10-12-24)15-4-2-3-14(13-15)18(19,20)21;;/h2-4,13,22H,5-12H2,1H3;2*1H. The Hall–Kier alpha value is -1.22. The van der Waals surface area contributed by atoms with Crippen LogP contribution in [-0.2, 0) is 15.7 Å². The topological polar surface area (TPSA) is 44.8 Å². The molecule has 2 fully saturated rings. The Morgan fingerprint density at radius 1 is 1.11 bits per heavy atom. The number of nitrogens with one attached hydrogen (secondary N) is 1. The first-order valence-electron chi connectivity index (χ1n) is 8.83. The number of piperidine rings is 1. The minimum absolute atomic E-state index is 0. The number of carbonyl (C=O) groups is 1. The van der Waals surface area contributed by atoms with Crippen molar-refractivity contribution in [2.75, 3.05) is 51.3 Å². The van der Waals surface area contributed by atoms with E-state index in [1.165, 1.54) is 12.1 Å². The van der Waals surface area contributed by atoms with Gasteiger partial charge in [-0.15, -0.1) is 24.8 Å². The lowest BCUT2D eigenvalue weighted by atomic mass is 9.90. The van der Waals surface area contributed by atoms with E-state index in [0.29, 0.717) is 44.7 Å². The fourth-order valence-electron chi connectivity index (χ4n) is 3.67. The summed E-state index contributed by atoms with van der Waals surface area (Å²) in [7, 11) is 1.57. The molecule has 10 heteroatoms. The van der Waals surface area contributed by atoms with Gasteiger partial charge in [-0.2, -0.15) is 13.2 Å². The quantitative estimate of drug-likeness (QED) is 0.779. The van der Waals surface area contributed by atoms with Crippen LogP contribution in [0.15, 0.2) is 24.3 Å². The first kappa shape index (κ1) is 24.8. The molecular weight excluding hydrogens is 418 g/mol. The molecular formula is C18H26Cl2F3N3O2. The molecule has 2 aliphatic heterocycles. The van der Waals surface area contributed by atoms with E-state index < -0.39 is 17.3 Å². The van der Waals surface area contributed by atoms with Gasteiger partial charge in [0.1, 0.15) is 5.60 Å². The minimum atomic E-state index is -4.35. The number of alkyl halides is 3. The molecule has 160 valence electrons. The third kappa shape index (κ3) is 5.23. The highest BCUT2D eigenvalue weighted by atomic mass is 35.5. The van der Waals surface area contributed by atoms with E-state index in [-0.39, 0.29) is 30.7 Å². The van der Waals surface area contributed by atoms with Gasteiger partial charge in [-0.05, 0) is 44.1 Å². The van der Waals surface area contributed by atoms with E-state index in [1.807, 2.05) is 4.90 Å². The van der Waals surface area contributed by atoms with Crippen molar-refractivity contribution in [3.63, 3.8) is 0 Å². The van der Waals surface area contributed by atoms with Crippen LogP contribution in [0, 0.1) is 0 Å². The van der Waals surface area contributed by atoms with E-state index in [9.17, 15) is 18.0 Å². The summed E-state index contributed by atoms with van der Waals surface area (Å²) >= 11 is 0.